The van der Waals surface area contributed by atoms with Gasteiger partial charge in [-0.2, -0.15) is 5.10 Å². The number of hydrogen-bond donors (Lipinski definition) is 1. The number of aromatic amines is 1. The van der Waals surface area contributed by atoms with Gasteiger partial charge in [0.1, 0.15) is 11.4 Å². The number of imidazole rings is 1. The molecule has 3 heterocycles. The second-order valence-corrected chi connectivity index (χ2v) is 7.36. The molecule has 0 aliphatic heterocycles. The Labute approximate surface area is 155 Å². The highest BCUT2D eigenvalue weighted by atomic mass is 32.1. The Kier molecular flexibility index (Phi) is 3.71. The van der Waals surface area contributed by atoms with Crippen LogP contribution in [0.5, 0.6) is 0 Å². The Morgan fingerprint density at radius 2 is 2.12 bits per heavy atom. The third-order valence-electron chi connectivity index (χ3n) is 5.02. The molecular weight excluding hydrogens is 342 g/mol. The number of H-pyrrole nitrogens is 1. The number of nitrogens with zero attached hydrogens (tertiary/aromatic N) is 4. The van der Waals surface area contributed by atoms with Gasteiger partial charge >= 0.3 is 0 Å². The molecule has 0 fully saturated rings. The Bertz CT molecular complexity index is 1060. The lowest BCUT2D eigenvalue weighted by molar-refractivity contribution is 0.817. The Hall–Kier alpha value is -2.73. The van der Waals surface area contributed by atoms with Gasteiger partial charge in [-0.3, -0.25) is 0 Å². The van der Waals surface area contributed by atoms with Crippen molar-refractivity contribution in [2.24, 2.45) is 0 Å². The van der Waals surface area contributed by atoms with Crippen LogP contribution < -0.4 is 0 Å². The fourth-order valence-corrected chi connectivity index (χ4v) is 4.68. The highest BCUT2D eigenvalue weighted by molar-refractivity contribution is 7.13. The second-order valence-electron chi connectivity index (χ2n) is 6.51. The van der Waals surface area contributed by atoms with Gasteiger partial charge in [-0.25, -0.2) is 14.6 Å². The molecule has 0 saturated carbocycles. The van der Waals surface area contributed by atoms with Crippen molar-refractivity contribution in [2.45, 2.75) is 32.6 Å². The molecular formula is C20H19N5S. The van der Waals surface area contributed by atoms with E-state index in [1.54, 1.807) is 17.7 Å². The van der Waals surface area contributed by atoms with Crippen LogP contribution >= 0.6 is 11.3 Å². The van der Waals surface area contributed by atoms with E-state index in [-0.39, 0.29) is 0 Å². The van der Waals surface area contributed by atoms with Gasteiger partial charge < -0.3 is 4.98 Å². The van der Waals surface area contributed by atoms with Gasteiger partial charge in [0, 0.05) is 11.8 Å². The summed E-state index contributed by atoms with van der Waals surface area (Å²) in [5.74, 6) is 0. The van der Waals surface area contributed by atoms with Crippen LogP contribution in [0.3, 0.4) is 0 Å². The lowest BCUT2D eigenvalue weighted by atomic mass is 10.1. The molecule has 0 unspecified atom stereocenters. The number of hydrogen-bond acceptors (Lipinski definition) is 4. The van der Waals surface area contributed by atoms with E-state index in [1.807, 2.05) is 11.7 Å². The number of nitrogens with one attached hydrogen (secondary N) is 1. The monoisotopic (exact) mass is 361 g/mol. The molecule has 0 amide bonds. The van der Waals surface area contributed by atoms with Crippen LogP contribution in [-0.2, 0) is 19.3 Å². The largest absolute Gasteiger partial charge is 0.351 e. The molecule has 26 heavy (non-hydrogen) atoms. The first kappa shape index (κ1) is 15.5. The van der Waals surface area contributed by atoms with Crippen LogP contribution in [0.15, 0.2) is 42.3 Å². The number of fused-ring (bicyclic) bond motifs is 3. The number of para-hydroxylation sites is 1. The third kappa shape index (κ3) is 2.33. The number of aryl methyl sites for hydroxylation is 2. The highest BCUT2D eigenvalue weighted by Gasteiger charge is 2.28. The number of benzene rings is 1. The van der Waals surface area contributed by atoms with Crippen molar-refractivity contribution in [1.29, 1.82) is 0 Å². The summed E-state index contributed by atoms with van der Waals surface area (Å²) < 4.78 is 2.13. The van der Waals surface area contributed by atoms with Crippen molar-refractivity contribution in [2.75, 3.05) is 0 Å². The van der Waals surface area contributed by atoms with E-state index in [0.717, 1.165) is 42.8 Å². The molecule has 1 aliphatic rings. The maximum absolute atomic E-state index is 5.05. The van der Waals surface area contributed by atoms with Gasteiger partial charge in [0.25, 0.3) is 0 Å². The summed E-state index contributed by atoms with van der Waals surface area (Å²) in [7, 11) is 0. The summed E-state index contributed by atoms with van der Waals surface area (Å²) in [6.07, 6.45) is 7.71. The molecule has 130 valence electrons. The SMILES string of the molecule is CCc1ccccc1-n1nc(-c2c[nH]cn2)c2c1-c1scnc1CCC2. The standard InChI is InChI=1S/C20H19N5S/c1-2-13-6-3-4-9-17(13)25-19-14(18(24-25)16-10-21-11-22-16)7-5-8-15-20(19)26-12-23-15/h3-4,6,9-12H,2,5,7-8H2,1H3,(H,21,22). The molecule has 3 aromatic heterocycles. The van der Waals surface area contributed by atoms with Crippen LogP contribution in [0.25, 0.3) is 27.6 Å². The van der Waals surface area contributed by atoms with Crippen molar-refractivity contribution in [3.05, 3.63) is 59.1 Å². The van der Waals surface area contributed by atoms with Gasteiger partial charge in [0.05, 0.1) is 33.8 Å². The topological polar surface area (TPSA) is 59.4 Å². The predicted octanol–water partition coefficient (Wildman–Crippen LogP) is 4.44. The van der Waals surface area contributed by atoms with Crippen molar-refractivity contribution in [3.8, 4) is 27.6 Å². The average molecular weight is 361 g/mol. The Morgan fingerprint density at radius 3 is 2.96 bits per heavy atom. The van der Waals surface area contributed by atoms with Crippen molar-refractivity contribution >= 4 is 11.3 Å². The van der Waals surface area contributed by atoms with Crippen molar-refractivity contribution in [3.63, 3.8) is 0 Å². The predicted molar refractivity (Wildman–Crippen MR) is 104 cm³/mol. The van der Waals surface area contributed by atoms with Crippen molar-refractivity contribution < 1.29 is 0 Å². The van der Waals surface area contributed by atoms with Crippen LogP contribution in [0.1, 0.15) is 30.2 Å². The third-order valence-corrected chi connectivity index (χ3v) is 5.90. The van der Waals surface area contributed by atoms with E-state index < -0.39 is 0 Å². The minimum absolute atomic E-state index is 0.905. The van der Waals surface area contributed by atoms with E-state index in [4.69, 9.17) is 5.10 Å². The average Bonchev–Trinajstić information content (AvgIpc) is 3.40. The van der Waals surface area contributed by atoms with Gasteiger partial charge in [0.2, 0.25) is 0 Å². The van der Waals surface area contributed by atoms with Crippen LogP contribution in [0, 0.1) is 0 Å². The van der Waals surface area contributed by atoms with E-state index in [0.29, 0.717) is 0 Å². The Balaban J connectivity index is 1.84. The molecule has 1 N–H and O–H groups in total. The first-order valence-electron chi connectivity index (χ1n) is 8.99. The molecule has 5 rings (SSSR count). The summed E-state index contributed by atoms with van der Waals surface area (Å²) in [4.78, 5) is 13.4. The summed E-state index contributed by atoms with van der Waals surface area (Å²) in [5, 5.41) is 5.05. The zero-order chi connectivity index (χ0) is 17.5. The quantitative estimate of drug-likeness (QED) is 0.587. The van der Waals surface area contributed by atoms with Gasteiger partial charge in [-0.1, -0.05) is 25.1 Å². The smallest absolute Gasteiger partial charge is 0.117 e. The fraction of sp³-hybridized carbons (Fsp3) is 0.250. The van der Waals surface area contributed by atoms with Gasteiger partial charge in [-0.15, -0.1) is 11.3 Å². The van der Waals surface area contributed by atoms with Crippen LogP contribution in [-0.4, -0.2) is 24.7 Å². The lowest BCUT2D eigenvalue weighted by Crippen LogP contribution is -2.03. The zero-order valence-electron chi connectivity index (χ0n) is 14.6. The maximum atomic E-state index is 5.05. The van der Waals surface area contributed by atoms with E-state index in [2.05, 4.69) is 50.8 Å². The van der Waals surface area contributed by atoms with Crippen molar-refractivity contribution in [1.82, 2.24) is 24.7 Å². The molecule has 0 bridgehead atoms. The molecule has 6 heteroatoms. The maximum Gasteiger partial charge on any atom is 0.117 e. The minimum Gasteiger partial charge on any atom is -0.351 e. The second kappa shape index (κ2) is 6.21. The Morgan fingerprint density at radius 1 is 1.19 bits per heavy atom. The molecule has 1 aromatic carbocycles. The molecule has 5 nitrogen and oxygen atoms in total. The van der Waals surface area contributed by atoms with E-state index >= 15 is 0 Å². The van der Waals surface area contributed by atoms with E-state index in [1.165, 1.54) is 27.4 Å². The normalized spacial score (nSPS) is 13.3. The molecule has 0 spiro atoms. The van der Waals surface area contributed by atoms with E-state index in [9.17, 15) is 0 Å². The molecule has 0 radical (unpaired) electrons. The van der Waals surface area contributed by atoms with Gasteiger partial charge in [-0.05, 0) is 37.3 Å². The first-order chi connectivity index (χ1) is 12.9. The van der Waals surface area contributed by atoms with Crippen LogP contribution in [0.4, 0.5) is 0 Å². The first-order valence-corrected chi connectivity index (χ1v) is 9.87. The number of aromatic nitrogens is 5. The summed E-state index contributed by atoms with van der Waals surface area (Å²) in [6, 6.07) is 8.52. The molecule has 0 saturated heterocycles. The lowest BCUT2D eigenvalue weighted by Gasteiger charge is -2.11. The zero-order valence-corrected chi connectivity index (χ0v) is 15.4. The fourth-order valence-electron chi connectivity index (χ4n) is 3.78. The molecule has 4 aromatic rings. The van der Waals surface area contributed by atoms with Gasteiger partial charge in [0.15, 0.2) is 0 Å². The minimum atomic E-state index is 0.905. The highest BCUT2D eigenvalue weighted by Crippen LogP contribution is 2.40. The summed E-state index contributed by atoms with van der Waals surface area (Å²) >= 11 is 1.71. The summed E-state index contributed by atoms with van der Waals surface area (Å²) in [5.41, 5.74) is 9.95. The summed E-state index contributed by atoms with van der Waals surface area (Å²) in [6.45, 7) is 2.19. The molecule has 1 aliphatic carbocycles. The molecule has 0 atom stereocenters. The number of thiazole rings is 1. The van der Waals surface area contributed by atoms with Crippen LogP contribution in [0.2, 0.25) is 0 Å². The number of rotatable bonds is 3.